The first-order valence-electron chi connectivity index (χ1n) is 6.99. The van der Waals surface area contributed by atoms with Crippen LogP contribution in [0.3, 0.4) is 0 Å². The maximum Gasteiger partial charge on any atom is -0.0386 e. The Morgan fingerprint density at radius 1 is 0.867 bits per heavy atom. The highest BCUT2D eigenvalue weighted by molar-refractivity contribution is 4.85. The van der Waals surface area contributed by atoms with Crippen LogP contribution in [0.25, 0.3) is 0 Å². The molecule has 0 saturated heterocycles. The summed E-state index contributed by atoms with van der Waals surface area (Å²) < 4.78 is 0. The molecule has 0 spiro atoms. The van der Waals surface area contributed by atoms with Gasteiger partial charge in [-0.15, -0.1) is 0 Å². The van der Waals surface area contributed by atoms with Gasteiger partial charge in [-0.1, -0.05) is 48.0 Å². The van der Waals surface area contributed by atoms with Crippen molar-refractivity contribution in [1.29, 1.82) is 0 Å². The topological polar surface area (TPSA) is 0 Å². The zero-order chi connectivity index (χ0) is 11.6. The molecule has 0 aromatic heterocycles. The summed E-state index contributed by atoms with van der Waals surface area (Å²) in [7, 11) is 0. The van der Waals surface area contributed by atoms with E-state index in [9.17, 15) is 0 Å². The van der Waals surface area contributed by atoms with Crippen LogP contribution in [0, 0.1) is 35.5 Å². The fourth-order valence-corrected chi connectivity index (χ4v) is 2.90. The fraction of sp³-hybridized carbons (Fsp3) is 1.00. The van der Waals surface area contributed by atoms with Gasteiger partial charge in [-0.2, -0.15) is 0 Å². The van der Waals surface area contributed by atoms with Crippen LogP contribution in [0.15, 0.2) is 0 Å². The molecule has 0 heterocycles. The predicted molar refractivity (Wildman–Crippen MR) is 68.8 cm³/mol. The molecule has 0 amide bonds. The lowest BCUT2D eigenvalue weighted by Crippen LogP contribution is -2.26. The quantitative estimate of drug-likeness (QED) is 0.579. The molecule has 1 rings (SSSR count). The Kier molecular flexibility index (Phi) is 4.67. The van der Waals surface area contributed by atoms with Crippen molar-refractivity contribution in [3.63, 3.8) is 0 Å². The second-order valence-corrected chi connectivity index (χ2v) is 6.16. The van der Waals surface area contributed by atoms with Gasteiger partial charge in [0.2, 0.25) is 0 Å². The van der Waals surface area contributed by atoms with Crippen molar-refractivity contribution in [2.45, 2.75) is 60.8 Å². The molecule has 0 heteroatoms. The van der Waals surface area contributed by atoms with E-state index in [2.05, 4.69) is 41.5 Å². The normalized spacial score (nSPS) is 26.8. The summed E-state index contributed by atoms with van der Waals surface area (Å²) in [5, 5.41) is 0. The molecule has 1 fully saturated rings. The Morgan fingerprint density at radius 3 is 1.80 bits per heavy atom. The first-order chi connectivity index (χ1) is 6.99. The van der Waals surface area contributed by atoms with Crippen molar-refractivity contribution < 1.29 is 0 Å². The van der Waals surface area contributed by atoms with Crippen LogP contribution in [0.1, 0.15) is 60.8 Å². The molecule has 1 aliphatic rings. The van der Waals surface area contributed by atoms with E-state index in [0.29, 0.717) is 0 Å². The van der Waals surface area contributed by atoms with Gasteiger partial charge >= 0.3 is 0 Å². The Bertz CT molecular complexity index is 180. The number of hydrogen-bond acceptors (Lipinski definition) is 0. The number of rotatable bonds is 6. The van der Waals surface area contributed by atoms with Crippen molar-refractivity contribution in [1.82, 2.24) is 0 Å². The molecule has 0 nitrogen and oxygen atoms in total. The van der Waals surface area contributed by atoms with E-state index < -0.39 is 0 Å². The Hall–Kier alpha value is 0. The average Bonchev–Trinajstić information content (AvgIpc) is 3.07. The molecule has 0 N–H and O–H groups in total. The molecule has 0 aromatic carbocycles. The molecule has 0 radical (unpaired) electrons. The van der Waals surface area contributed by atoms with Gasteiger partial charge in [-0.3, -0.25) is 0 Å². The zero-order valence-electron chi connectivity index (χ0n) is 11.6. The molecule has 90 valence electrons. The standard InChI is InChI=1S/C15H30/c1-7-10(2)11(3)12(4)13(5)14(6)15-8-9-15/h10-15H,7-9H2,1-6H3. The van der Waals surface area contributed by atoms with Crippen molar-refractivity contribution >= 4 is 0 Å². The maximum atomic E-state index is 2.48. The monoisotopic (exact) mass is 210 g/mol. The van der Waals surface area contributed by atoms with Crippen LogP contribution < -0.4 is 0 Å². The second-order valence-electron chi connectivity index (χ2n) is 6.16. The van der Waals surface area contributed by atoms with E-state index in [1.54, 1.807) is 0 Å². The molecule has 15 heavy (non-hydrogen) atoms. The second kappa shape index (κ2) is 5.37. The summed E-state index contributed by atoms with van der Waals surface area (Å²) in [5.74, 6) is 5.56. The lowest BCUT2D eigenvalue weighted by atomic mass is 9.72. The van der Waals surface area contributed by atoms with Gasteiger partial charge in [0.1, 0.15) is 0 Å². The highest BCUT2D eigenvalue weighted by atomic mass is 14.4. The van der Waals surface area contributed by atoms with Crippen LogP contribution in [-0.4, -0.2) is 0 Å². The molecule has 0 bridgehead atoms. The van der Waals surface area contributed by atoms with E-state index in [0.717, 1.165) is 35.5 Å². The van der Waals surface area contributed by atoms with Crippen LogP contribution in [0.2, 0.25) is 0 Å². The van der Waals surface area contributed by atoms with Crippen molar-refractivity contribution in [2.24, 2.45) is 35.5 Å². The van der Waals surface area contributed by atoms with Crippen LogP contribution in [-0.2, 0) is 0 Å². The highest BCUT2D eigenvalue weighted by Crippen LogP contribution is 2.44. The first kappa shape index (κ1) is 13.1. The van der Waals surface area contributed by atoms with Gasteiger partial charge < -0.3 is 0 Å². The third kappa shape index (κ3) is 3.23. The van der Waals surface area contributed by atoms with Crippen LogP contribution >= 0.6 is 0 Å². The third-order valence-electron chi connectivity index (χ3n) is 5.40. The molecule has 1 aliphatic carbocycles. The lowest BCUT2D eigenvalue weighted by Gasteiger charge is -2.33. The minimum Gasteiger partial charge on any atom is -0.0651 e. The fourth-order valence-electron chi connectivity index (χ4n) is 2.90. The van der Waals surface area contributed by atoms with Crippen molar-refractivity contribution in [2.75, 3.05) is 0 Å². The minimum absolute atomic E-state index is 0.881. The summed E-state index contributed by atoms with van der Waals surface area (Å²) in [6, 6.07) is 0. The molecule has 1 saturated carbocycles. The van der Waals surface area contributed by atoms with Gasteiger partial charge in [0.15, 0.2) is 0 Å². The van der Waals surface area contributed by atoms with E-state index >= 15 is 0 Å². The Labute approximate surface area is 96.8 Å². The molecule has 5 atom stereocenters. The third-order valence-corrected chi connectivity index (χ3v) is 5.40. The summed E-state index contributed by atoms with van der Waals surface area (Å²) in [6.45, 7) is 14.6. The summed E-state index contributed by atoms with van der Waals surface area (Å²) in [6.07, 6.45) is 4.32. The van der Waals surface area contributed by atoms with Crippen molar-refractivity contribution in [3.05, 3.63) is 0 Å². The van der Waals surface area contributed by atoms with E-state index in [1.165, 1.54) is 19.3 Å². The van der Waals surface area contributed by atoms with Gasteiger partial charge in [0.05, 0.1) is 0 Å². The van der Waals surface area contributed by atoms with Crippen molar-refractivity contribution in [3.8, 4) is 0 Å². The largest absolute Gasteiger partial charge is 0.0651 e. The molecular formula is C15H30. The molecular weight excluding hydrogens is 180 g/mol. The smallest absolute Gasteiger partial charge is 0.0386 e. The predicted octanol–water partition coefficient (Wildman–Crippen LogP) is 4.99. The van der Waals surface area contributed by atoms with Crippen LogP contribution in [0.4, 0.5) is 0 Å². The molecule has 5 unspecified atom stereocenters. The van der Waals surface area contributed by atoms with Gasteiger partial charge in [-0.05, 0) is 48.3 Å². The Balaban J connectivity index is 2.46. The van der Waals surface area contributed by atoms with E-state index in [1.807, 2.05) is 0 Å². The molecule has 0 aromatic rings. The first-order valence-corrected chi connectivity index (χ1v) is 6.99. The highest BCUT2D eigenvalue weighted by Gasteiger charge is 2.35. The minimum atomic E-state index is 0.881. The van der Waals surface area contributed by atoms with E-state index in [-0.39, 0.29) is 0 Å². The van der Waals surface area contributed by atoms with Gasteiger partial charge in [0, 0.05) is 0 Å². The average molecular weight is 210 g/mol. The number of hydrogen-bond donors (Lipinski definition) is 0. The van der Waals surface area contributed by atoms with E-state index in [4.69, 9.17) is 0 Å². The van der Waals surface area contributed by atoms with Gasteiger partial charge in [0.25, 0.3) is 0 Å². The van der Waals surface area contributed by atoms with Gasteiger partial charge in [-0.25, -0.2) is 0 Å². The zero-order valence-corrected chi connectivity index (χ0v) is 11.6. The summed E-state index contributed by atoms with van der Waals surface area (Å²) in [4.78, 5) is 0. The van der Waals surface area contributed by atoms with Crippen LogP contribution in [0.5, 0.6) is 0 Å². The Morgan fingerprint density at radius 2 is 1.40 bits per heavy atom. The SMILES string of the molecule is CCC(C)C(C)C(C)C(C)C(C)C1CC1. The lowest BCUT2D eigenvalue weighted by molar-refractivity contribution is 0.156. The summed E-state index contributed by atoms with van der Waals surface area (Å²) in [5.41, 5.74) is 0. The molecule has 0 aliphatic heterocycles. The summed E-state index contributed by atoms with van der Waals surface area (Å²) >= 11 is 0. The maximum absolute atomic E-state index is 2.48.